The highest BCUT2D eigenvalue weighted by Gasteiger charge is 2.43. The van der Waals surface area contributed by atoms with Crippen LogP contribution in [0.4, 0.5) is 5.69 Å². The molecule has 1 aliphatic rings. The SMILES string of the molecule is CCOC(=O)c1cccc(N2C(=O)C(O)=C(C(=O)CC)C2c2cccc(C)c2)c1. The standard InChI is InChI=1S/C23H23NO5/c1-4-18(25)19-20(15-9-6-8-14(3)12-15)24(22(27)21(19)26)17-11-7-10-16(13-17)23(28)29-5-2/h6-13,20,26H,4-5H2,1-3H3. The molecule has 1 unspecified atom stereocenters. The molecule has 6 heteroatoms. The van der Waals surface area contributed by atoms with Gasteiger partial charge >= 0.3 is 5.97 Å². The Labute approximate surface area is 169 Å². The van der Waals surface area contributed by atoms with Crippen molar-refractivity contribution in [3.63, 3.8) is 0 Å². The molecule has 0 radical (unpaired) electrons. The van der Waals surface area contributed by atoms with Gasteiger partial charge in [-0.05, 0) is 37.6 Å². The van der Waals surface area contributed by atoms with Crippen LogP contribution in [0.1, 0.15) is 47.8 Å². The zero-order chi connectivity index (χ0) is 21.1. The Hall–Kier alpha value is -3.41. The van der Waals surface area contributed by atoms with Crippen molar-refractivity contribution in [3.05, 3.63) is 76.6 Å². The predicted molar refractivity (Wildman–Crippen MR) is 109 cm³/mol. The number of aliphatic hydroxyl groups excluding tert-OH is 1. The fourth-order valence-electron chi connectivity index (χ4n) is 3.50. The molecule has 0 spiro atoms. The number of carbonyl (C=O) groups excluding carboxylic acids is 3. The van der Waals surface area contributed by atoms with E-state index in [1.54, 1.807) is 32.0 Å². The molecule has 1 N–H and O–H groups in total. The lowest BCUT2D eigenvalue weighted by Gasteiger charge is -2.27. The van der Waals surface area contributed by atoms with Crippen LogP contribution in [0.2, 0.25) is 0 Å². The lowest BCUT2D eigenvalue weighted by molar-refractivity contribution is -0.118. The number of hydrogen-bond donors (Lipinski definition) is 1. The van der Waals surface area contributed by atoms with Gasteiger partial charge in [0.2, 0.25) is 0 Å². The van der Waals surface area contributed by atoms with Gasteiger partial charge < -0.3 is 9.84 Å². The highest BCUT2D eigenvalue weighted by Crippen LogP contribution is 2.41. The average molecular weight is 393 g/mol. The van der Waals surface area contributed by atoms with E-state index in [2.05, 4.69) is 0 Å². The van der Waals surface area contributed by atoms with Gasteiger partial charge in [-0.3, -0.25) is 14.5 Å². The molecule has 0 bridgehead atoms. The molecular weight excluding hydrogens is 370 g/mol. The van der Waals surface area contributed by atoms with E-state index in [1.807, 2.05) is 31.2 Å². The number of carbonyl (C=O) groups is 3. The van der Waals surface area contributed by atoms with E-state index in [9.17, 15) is 19.5 Å². The van der Waals surface area contributed by atoms with Gasteiger partial charge in [0.05, 0.1) is 23.8 Å². The van der Waals surface area contributed by atoms with Crippen molar-refractivity contribution in [2.45, 2.75) is 33.2 Å². The summed E-state index contributed by atoms with van der Waals surface area (Å²) in [6.45, 7) is 5.54. The van der Waals surface area contributed by atoms with Crippen LogP contribution < -0.4 is 4.90 Å². The molecule has 1 heterocycles. The van der Waals surface area contributed by atoms with E-state index in [0.717, 1.165) is 5.56 Å². The molecule has 2 aromatic carbocycles. The molecule has 2 aromatic rings. The highest BCUT2D eigenvalue weighted by atomic mass is 16.5. The third-order valence-electron chi connectivity index (χ3n) is 4.82. The molecule has 0 aromatic heterocycles. The van der Waals surface area contributed by atoms with Gasteiger partial charge in [0.25, 0.3) is 5.91 Å². The smallest absolute Gasteiger partial charge is 0.338 e. The molecule has 1 aliphatic heterocycles. The average Bonchev–Trinajstić information content (AvgIpc) is 2.98. The van der Waals surface area contributed by atoms with Crippen molar-refractivity contribution in [2.75, 3.05) is 11.5 Å². The Kier molecular flexibility index (Phi) is 5.82. The van der Waals surface area contributed by atoms with Gasteiger partial charge in [0.15, 0.2) is 11.5 Å². The number of ketones is 1. The minimum atomic E-state index is -0.771. The maximum absolute atomic E-state index is 13.0. The number of aryl methyl sites for hydroxylation is 1. The summed E-state index contributed by atoms with van der Waals surface area (Å²) in [7, 11) is 0. The number of esters is 1. The van der Waals surface area contributed by atoms with Crippen LogP contribution in [0.3, 0.4) is 0 Å². The minimum absolute atomic E-state index is 0.0737. The van der Waals surface area contributed by atoms with Crippen molar-refractivity contribution in [3.8, 4) is 0 Å². The number of rotatable bonds is 6. The van der Waals surface area contributed by atoms with Crippen LogP contribution >= 0.6 is 0 Å². The van der Waals surface area contributed by atoms with Gasteiger partial charge in [-0.25, -0.2) is 4.79 Å². The van der Waals surface area contributed by atoms with Crippen LogP contribution in [-0.4, -0.2) is 29.4 Å². The molecule has 1 atom stereocenters. The Morgan fingerprint density at radius 3 is 2.48 bits per heavy atom. The fourth-order valence-corrected chi connectivity index (χ4v) is 3.50. The van der Waals surface area contributed by atoms with E-state index in [1.165, 1.54) is 11.0 Å². The first kappa shape index (κ1) is 20.3. The number of anilines is 1. The van der Waals surface area contributed by atoms with E-state index >= 15 is 0 Å². The van der Waals surface area contributed by atoms with E-state index in [4.69, 9.17) is 4.74 Å². The first-order valence-corrected chi connectivity index (χ1v) is 9.52. The molecule has 1 amide bonds. The Morgan fingerprint density at radius 2 is 1.83 bits per heavy atom. The van der Waals surface area contributed by atoms with E-state index < -0.39 is 23.7 Å². The summed E-state index contributed by atoms with van der Waals surface area (Å²) >= 11 is 0. The number of ether oxygens (including phenoxy) is 1. The largest absolute Gasteiger partial charge is 0.503 e. The fraction of sp³-hybridized carbons (Fsp3) is 0.261. The van der Waals surface area contributed by atoms with Gasteiger partial charge in [-0.1, -0.05) is 42.8 Å². The van der Waals surface area contributed by atoms with Crippen LogP contribution in [0.5, 0.6) is 0 Å². The quantitative estimate of drug-likeness (QED) is 0.749. The van der Waals surface area contributed by atoms with Gasteiger partial charge in [0, 0.05) is 12.1 Å². The van der Waals surface area contributed by atoms with E-state index in [0.29, 0.717) is 11.3 Å². The second-order valence-corrected chi connectivity index (χ2v) is 6.80. The number of Topliss-reactive ketones (excluding diaryl/α,β-unsaturated/α-hetero) is 1. The molecule has 150 valence electrons. The zero-order valence-corrected chi connectivity index (χ0v) is 16.6. The Morgan fingerprint density at radius 1 is 1.10 bits per heavy atom. The lowest BCUT2D eigenvalue weighted by Crippen LogP contribution is -2.31. The van der Waals surface area contributed by atoms with Gasteiger partial charge in [-0.2, -0.15) is 0 Å². The maximum atomic E-state index is 13.0. The number of nitrogens with zero attached hydrogens (tertiary/aromatic N) is 1. The molecule has 0 aliphatic carbocycles. The first-order valence-electron chi connectivity index (χ1n) is 9.52. The van der Waals surface area contributed by atoms with E-state index in [-0.39, 0.29) is 29.9 Å². The summed E-state index contributed by atoms with van der Waals surface area (Å²) in [6, 6.07) is 13.1. The molecule has 29 heavy (non-hydrogen) atoms. The van der Waals surface area contributed by atoms with Crippen molar-refractivity contribution < 1.29 is 24.2 Å². The van der Waals surface area contributed by atoms with Crippen molar-refractivity contribution in [1.29, 1.82) is 0 Å². The molecular formula is C23H23NO5. The molecule has 0 fully saturated rings. The second kappa shape index (κ2) is 8.31. The minimum Gasteiger partial charge on any atom is -0.503 e. The highest BCUT2D eigenvalue weighted by molar-refractivity contribution is 6.16. The first-order chi connectivity index (χ1) is 13.9. The lowest BCUT2D eigenvalue weighted by atomic mass is 9.94. The Balaban J connectivity index is 2.14. The maximum Gasteiger partial charge on any atom is 0.338 e. The summed E-state index contributed by atoms with van der Waals surface area (Å²) in [4.78, 5) is 39.1. The summed E-state index contributed by atoms with van der Waals surface area (Å²) < 4.78 is 5.04. The van der Waals surface area contributed by atoms with Crippen molar-refractivity contribution in [2.24, 2.45) is 0 Å². The van der Waals surface area contributed by atoms with Crippen LogP contribution in [-0.2, 0) is 14.3 Å². The Bertz CT molecular complexity index is 1010. The van der Waals surface area contributed by atoms with Crippen molar-refractivity contribution in [1.82, 2.24) is 0 Å². The number of aliphatic hydroxyl groups is 1. The molecule has 0 saturated heterocycles. The van der Waals surface area contributed by atoms with Crippen molar-refractivity contribution >= 4 is 23.3 Å². The summed E-state index contributed by atoms with van der Waals surface area (Å²) in [6.07, 6.45) is 0.158. The summed E-state index contributed by atoms with van der Waals surface area (Å²) in [5.41, 5.74) is 2.43. The molecule has 3 rings (SSSR count). The number of benzene rings is 2. The van der Waals surface area contributed by atoms with Gasteiger partial charge in [-0.15, -0.1) is 0 Å². The molecule has 0 saturated carbocycles. The summed E-state index contributed by atoms with van der Waals surface area (Å²) in [5.74, 6) is -2.03. The zero-order valence-electron chi connectivity index (χ0n) is 16.6. The normalized spacial score (nSPS) is 16.3. The second-order valence-electron chi connectivity index (χ2n) is 6.80. The van der Waals surface area contributed by atoms with Crippen LogP contribution in [0.15, 0.2) is 59.9 Å². The third kappa shape index (κ3) is 3.78. The van der Waals surface area contributed by atoms with Crippen LogP contribution in [0.25, 0.3) is 0 Å². The topological polar surface area (TPSA) is 83.9 Å². The monoisotopic (exact) mass is 393 g/mol. The molecule has 6 nitrogen and oxygen atoms in total. The number of hydrogen-bond acceptors (Lipinski definition) is 5. The predicted octanol–water partition coefficient (Wildman–Crippen LogP) is 4.05. The summed E-state index contributed by atoms with van der Waals surface area (Å²) in [5, 5.41) is 10.5. The number of amides is 1. The van der Waals surface area contributed by atoms with Gasteiger partial charge in [0.1, 0.15) is 0 Å². The van der Waals surface area contributed by atoms with Crippen LogP contribution in [0, 0.1) is 6.92 Å². The third-order valence-corrected chi connectivity index (χ3v) is 4.82.